The fourth-order valence-corrected chi connectivity index (χ4v) is 1.91. The molecule has 1 unspecified atom stereocenters. The molecule has 0 fully saturated rings. The second kappa shape index (κ2) is 6.56. The highest BCUT2D eigenvalue weighted by molar-refractivity contribution is 6.31. The lowest BCUT2D eigenvalue weighted by Crippen LogP contribution is -2.32. The molecular formula is C11H12Cl2N2O3. The van der Waals surface area contributed by atoms with Crippen molar-refractivity contribution in [3.8, 4) is 0 Å². The summed E-state index contributed by atoms with van der Waals surface area (Å²) in [5.74, 6) is 0.0233. The first-order valence-electron chi connectivity index (χ1n) is 5.26. The number of non-ortho nitro benzene ring substituents is 1. The number of halogens is 2. The molecule has 7 heteroatoms. The highest BCUT2D eigenvalue weighted by Crippen LogP contribution is 2.20. The summed E-state index contributed by atoms with van der Waals surface area (Å²) in [5.41, 5.74) is -0.0479. The van der Waals surface area contributed by atoms with Crippen LogP contribution in [0.25, 0.3) is 0 Å². The van der Waals surface area contributed by atoms with Crippen molar-refractivity contribution in [2.45, 2.75) is 19.4 Å². The molecule has 0 spiro atoms. The molecule has 1 rings (SSSR count). The summed E-state index contributed by atoms with van der Waals surface area (Å²) in [4.78, 5) is 21.9. The molecule has 5 nitrogen and oxygen atoms in total. The van der Waals surface area contributed by atoms with Crippen LogP contribution in [0, 0.1) is 10.1 Å². The number of carbonyl (C=O) groups excluding carboxylic acids is 1. The smallest absolute Gasteiger partial charge is 0.271 e. The first-order valence-corrected chi connectivity index (χ1v) is 6.17. The minimum absolute atomic E-state index is 0.104. The van der Waals surface area contributed by atoms with Crippen molar-refractivity contribution in [2.24, 2.45) is 0 Å². The van der Waals surface area contributed by atoms with Crippen LogP contribution in [-0.4, -0.2) is 22.8 Å². The lowest BCUT2D eigenvalue weighted by atomic mass is 10.1. The molecule has 0 saturated carbocycles. The van der Waals surface area contributed by atoms with E-state index in [1.807, 2.05) is 0 Å². The van der Waals surface area contributed by atoms with Gasteiger partial charge in [0.25, 0.3) is 11.6 Å². The first-order chi connectivity index (χ1) is 8.43. The van der Waals surface area contributed by atoms with E-state index in [4.69, 9.17) is 23.2 Å². The largest absolute Gasteiger partial charge is 0.350 e. The second-order valence-corrected chi connectivity index (χ2v) is 4.62. The third kappa shape index (κ3) is 4.16. The van der Waals surface area contributed by atoms with E-state index in [9.17, 15) is 14.9 Å². The Morgan fingerprint density at radius 1 is 1.50 bits per heavy atom. The van der Waals surface area contributed by atoms with Gasteiger partial charge in [0.2, 0.25) is 0 Å². The van der Waals surface area contributed by atoms with Gasteiger partial charge in [0.05, 0.1) is 4.92 Å². The van der Waals surface area contributed by atoms with Crippen LogP contribution in [0.3, 0.4) is 0 Å². The van der Waals surface area contributed by atoms with Gasteiger partial charge in [-0.2, -0.15) is 0 Å². The Kier molecular flexibility index (Phi) is 5.37. The summed E-state index contributed by atoms with van der Waals surface area (Å²) in [6.45, 7) is 1.80. The average Bonchev–Trinajstić information content (AvgIpc) is 2.28. The van der Waals surface area contributed by atoms with Crippen molar-refractivity contribution in [1.29, 1.82) is 0 Å². The van der Waals surface area contributed by atoms with Crippen molar-refractivity contribution in [1.82, 2.24) is 5.32 Å². The Hall–Kier alpha value is -1.33. The maximum atomic E-state index is 11.8. The Morgan fingerprint density at radius 3 is 2.72 bits per heavy atom. The van der Waals surface area contributed by atoms with Crippen LogP contribution in [0.4, 0.5) is 5.69 Å². The van der Waals surface area contributed by atoms with E-state index in [1.54, 1.807) is 6.92 Å². The zero-order chi connectivity index (χ0) is 13.7. The zero-order valence-corrected chi connectivity index (χ0v) is 11.2. The number of carbonyl (C=O) groups is 1. The minimum atomic E-state index is -0.592. The van der Waals surface area contributed by atoms with E-state index in [2.05, 4.69) is 5.32 Å². The molecule has 18 heavy (non-hydrogen) atoms. The molecule has 98 valence electrons. The monoisotopic (exact) mass is 290 g/mol. The van der Waals surface area contributed by atoms with E-state index in [1.165, 1.54) is 18.2 Å². The molecule has 1 aromatic rings. The van der Waals surface area contributed by atoms with Crippen LogP contribution in [0.2, 0.25) is 5.02 Å². The summed E-state index contributed by atoms with van der Waals surface area (Å²) in [7, 11) is 0. The third-order valence-electron chi connectivity index (χ3n) is 2.28. The summed E-state index contributed by atoms with van der Waals surface area (Å²) >= 11 is 11.3. The number of rotatable bonds is 5. The fraction of sp³-hybridized carbons (Fsp3) is 0.364. The number of amides is 1. The molecule has 1 N–H and O–H groups in total. The minimum Gasteiger partial charge on any atom is -0.350 e. The number of hydrogen-bond donors (Lipinski definition) is 1. The molecule has 0 bridgehead atoms. The molecule has 1 amide bonds. The topological polar surface area (TPSA) is 72.2 Å². The van der Waals surface area contributed by atoms with E-state index < -0.39 is 10.8 Å². The molecule has 0 saturated heterocycles. The lowest BCUT2D eigenvalue weighted by molar-refractivity contribution is -0.384. The van der Waals surface area contributed by atoms with Crippen LogP contribution >= 0.6 is 23.2 Å². The van der Waals surface area contributed by atoms with Gasteiger partial charge in [0.15, 0.2) is 0 Å². The molecule has 1 atom stereocenters. The highest BCUT2D eigenvalue weighted by atomic mass is 35.5. The average molecular weight is 291 g/mol. The van der Waals surface area contributed by atoms with Gasteiger partial charge in [-0.25, -0.2) is 0 Å². The number of nitro groups is 1. The number of nitrogens with one attached hydrogen (secondary N) is 1. The number of nitrogens with zero attached hydrogens (tertiary/aromatic N) is 1. The van der Waals surface area contributed by atoms with Gasteiger partial charge in [-0.3, -0.25) is 14.9 Å². The standard InChI is InChI=1S/C11H12Cl2N2O3/c1-7(2-3-12)14-11(16)8-4-9(13)6-10(5-8)15(17)18/h4-7H,2-3H2,1H3,(H,14,16). The summed E-state index contributed by atoms with van der Waals surface area (Å²) in [6, 6.07) is 3.67. The van der Waals surface area contributed by atoms with Crippen molar-refractivity contribution < 1.29 is 9.72 Å². The summed E-state index contributed by atoms with van der Waals surface area (Å²) in [6.07, 6.45) is 0.621. The van der Waals surface area contributed by atoms with Gasteiger partial charge in [0.1, 0.15) is 0 Å². The molecule has 0 aromatic heterocycles. The quantitative estimate of drug-likeness (QED) is 0.515. The van der Waals surface area contributed by atoms with Crippen LogP contribution in [0.1, 0.15) is 23.7 Å². The third-order valence-corrected chi connectivity index (χ3v) is 2.71. The number of hydrogen-bond acceptors (Lipinski definition) is 3. The van der Waals surface area contributed by atoms with E-state index in [0.29, 0.717) is 12.3 Å². The number of benzene rings is 1. The van der Waals surface area contributed by atoms with E-state index in [-0.39, 0.29) is 22.3 Å². The molecule has 0 radical (unpaired) electrons. The van der Waals surface area contributed by atoms with Crippen molar-refractivity contribution in [3.63, 3.8) is 0 Å². The van der Waals surface area contributed by atoms with Gasteiger partial charge >= 0.3 is 0 Å². The summed E-state index contributed by atoms with van der Waals surface area (Å²) < 4.78 is 0. The normalized spacial score (nSPS) is 11.9. The van der Waals surface area contributed by atoms with E-state index >= 15 is 0 Å². The zero-order valence-electron chi connectivity index (χ0n) is 9.65. The van der Waals surface area contributed by atoms with Crippen molar-refractivity contribution in [2.75, 3.05) is 5.88 Å². The number of nitro benzene ring substituents is 1. The second-order valence-electron chi connectivity index (χ2n) is 3.81. The van der Waals surface area contributed by atoms with Crippen LogP contribution in [0.15, 0.2) is 18.2 Å². The van der Waals surface area contributed by atoms with Gasteiger partial charge in [-0.05, 0) is 19.4 Å². The molecule has 0 aliphatic rings. The summed E-state index contributed by atoms with van der Waals surface area (Å²) in [5, 5.41) is 13.5. The Labute approximate surface area is 114 Å². The van der Waals surface area contributed by atoms with E-state index in [0.717, 1.165) is 0 Å². The predicted octanol–water partition coefficient (Wildman–Crippen LogP) is 3.00. The Bertz CT molecular complexity index is 466. The van der Waals surface area contributed by atoms with Crippen LogP contribution in [0.5, 0.6) is 0 Å². The SMILES string of the molecule is CC(CCCl)NC(=O)c1cc(Cl)cc([N+](=O)[O-])c1. The maximum Gasteiger partial charge on any atom is 0.271 e. The number of alkyl halides is 1. The lowest BCUT2D eigenvalue weighted by Gasteiger charge is -2.12. The van der Waals surface area contributed by atoms with Crippen LogP contribution < -0.4 is 5.32 Å². The van der Waals surface area contributed by atoms with Crippen molar-refractivity contribution >= 4 is 34.8 Å². The Balaban J connectivity index is 2.88. The van der Waals surface area contributed by atoms with Gasteiger partial charge in [0, 0.05) is 34.6 Å². The molecule has 0 aliphatic heterocycles. The molecule has 1 aromatic carbocycles. The molecule has 0 heterocycles. The highest BCUT2D eigenvalue weighted by Gasteiger charge is 2.15. The van der Waals surface area contributed by atoms with Crippen molar-refractivity contribution in [3.05, 3.63) is 38.9 Å². The van der Waals surface area contributed by atoms with Gasteiger partial charge < -0.3 is 5.32 Å². The van der Waals surface area contributed by atoms with Crippen LogP contribution in [-0.2, 0) is 0 Å². The molecule has 0 aliphatic carbocycles. The predicted molar refractivity (Wildman–Crippen MR) is 70.4 cm³/mol. The maximum absolute atomic E-state index is 11.8. The Morgan fingerprint density at radius 2 is 2.17 bits per heavy atom. The van der Waals surface area contributed by atoms with Gasteiger partial charge in [-0.1, -0.05) is 11.6 Å². The fourth-order valence-electron chi connectivity index (χ4n) is 1.35. The van der Waals surface area contributed by atoms with Gasteiger partial charge in [-0.15, -0.1) is 11.6 Å². The first kappa shape index (κ1) is 14.7. The molecular weight excluding hydrogens is 279 g/mol.